The minimum atomic E-state index is -0.225. The fourth-order valence-corrected chi connectivity index (χ4v) is 1.34. The second-order valence-corrected chi connectivity index (χ2v) is 3.07. The van der Waals surface area contributed by atoms with Gasteiger partial charge in [-0.25, -0.2) is 4.98 Å². The summed E-state index contributed by atoms with van der Waals surface area (Å²) >= 11 is 0. The molecule has 0 bridgehead atoms. The van der Waals surface area contributed by atoms with E-state index in [1.165, 1.54) is 4.68 Å². The van der Waals surface area contributed by atoms with Gasteiger partial charge in [-0.1, -0.05) is 6.92 Å². The second kappa shape index (κ2) is 2.83. The standard InChI is InChI=1S/C8H11N5O/c1-3-4-10-7-5(8(14)11-4)6(9)13(2)12-7/h3,9H2,1-2H3,(H,10,11,12,14). The van der Waals surface area contributed by atoms with Crippen molar-refractivity contribution in [2.75, 3.05) is 5.73 Å². The first-order chi connectivity index (χ1) is 6.63. The number of nitrogens with zero attached hydrogens (tertiary/aromatic N) is 3. The molecule has 0 saturated carbocycles. The van der Waals surface area contributed by atoms with Crippen molar-refractivity contribution in [3.05, 3.63) is 16.2 Å². The van der Waals surface area contributed by atoms with Crippen LogP contribution in [0.5, 0.6) is 0 Å². The number of aromatic amines is 1. The summed E-state index contributed by atoms with van der Waals surface area (Å²) in [6.07, 6.45) is 0.668. The largest absolute Gasteiger partial charge is 0.383 e. The minimum absolute atomic E-state index is 0.225. The van der Waals surface area contributed by atoms with Crippen LogP contribution >= 0.6 is 0 Å². The molecule has 0 amide bonds. The Kier molecular flexibility index (Phi) is 1.77. The molecule has 6 nitrogen and oxygen atoms in total. The van der Waals surface area contributed by atoms with Gasteiger partial charge in [0.05, 0.1) is 0 Å². The van der Waals surface area contributed by atoms with E-state index in [4.69, 9.17) is 5.73 Å². The zero-order chi connectivity index (χ0) is 10.3. The van der Waals surface area contributed by atoms with Gasteiger partial charge in [-0.3, -0.25) is 9.48 Å². The van der Waals surface area contributed by atoms with E-state index in [-0.39, 0.29) is 5.56 Å². The number of nitrogen functional groups attached to an aromatic ring is 1. The highest BCUT2D eigenvalue weighted by Crippen LogP contribution is 2.12. The summed E-state index contributed by atoms with van der Waals surface area (Å²) in [6.45, 7) is 1.91. The summed E-state index contributed by atoms with van der Waals surface area (Å²) in [5.74, 6) is 0.969. The smallest absolute Gasteiger partial charge is 0.264 e. The Hall–Kier alpha value is -1.85. The molecule has 6 heteroatoms. The zero-order valence-corrected chi connectivity index (χ0v) is 8.03. The van der Waals surface area contributed by atoms with E-state index in [0.29, 0.717) is 29.1 Å². The van der Waals surface area contributed by atoms with Crippen LogP contribution in [0.25, 0.3) is 11.0 Å². The Morgan fingerprint density at radius 1 is 1.57 bits per heavy atom. The van der Waals surface area contributed by atoms with Gasteiger partial charge in [0.2, 0.25) is 0 Å². The molecule has 0 aliphatic heterocycles. The van der Waals surface area contributed by atoms with E-state index < -0.39 is 0 Å². The third-order valence-electron chi connectivity index (χ3n) is 2.13. The van der Waals surface area contributed by atoms with Gasteiger partial charge in [-0.2, -0.15) is 5.10 Å². The molecule has 2 heterocycles. The van der Waals surface area contributed by atoms with Gasteiger partial charge in [0, 0.05) is 13.5 Å². The van der Waals surface area contributed by atoms with Crippen LogP contribution in [0, 0.1) is 0 Å². The monoisotopic (exact) mass is 193 g/mol. The summed E-state index contributed by atoms with van der Waals surface area (Å²) in [5, 5.41) is 4.41. The maximum absolute atomic E-state index is 11.6. The van der Waals surface area contributed by atoms with Gasteiger partial charge in [0.15, 0.2) is 5.65 Å². The molecule has 14 heavy (non-hydrogen) atoms. The summed E-state index contributed by atoms with van der Waals surface area (Å²) in [6, 6.07) is 0. The summed E-state index contributed by atoms with van der Waals surface area (Å²) in [4.78, 5) is 18.4. The summed E-state index contributed by atoms with van der Waals surface area (Å²) in [5.41, 5.74) is 5.85. The highest BCUT2D eigenvalue weighted by molar-refractivity contribution is 5.85. The number of aromatic nitrogens is 4. The van der Waals surface area contributed by atoms with Crippen LogP contribution in [0.1, 0.15) is 12.7 Å². The third-order valence-corrected chi connectivity index (χ3v) is 2.13. The van der Waals surface area contributed by atoms with Gasteiger partial charge >= 0.3 is 0 Å². The lowest BCUT2D eigenvalue weighted by molar-refractivity contribution is 0.785. The molecular weight excluding hydrogens is 182 g/mol. The molecule has 0 fully saturated rings. The van der Waals surface area contributed by atoms with E-state index in [1.54, 1.807) is 7.05 Å². The van der Waals surface area contributed by atoms with Crippen LogP contribution in [0.3, 0.4) is 0 Å². The molecule has 0 aliphatic rings. The molecule has 2 rings (SSSR count). The lowest BCUT2D eigenvalue weighted by atomic mass is 10.3. The molecule has 0 saturated heterocycles. The highest BCUT2D eigenvalue weighted by atomic mass is 16.1. The van der Waals surface area contributed by atoms with Gasteiger partial charge in [0.25, 0.3) is 5.56 Å². The van der Waals surface area contributed by atoms with Crippen molar-refractivity contribution in [3.8, 4) is 0 Å². The molecule has 3 N–H and O–H groups in total. The van der Waals surface area contributed by atoms with Crippen LogP contribution in [0.4, 0.5) is 5.82 Å². The topological polar surface area (TPSA) is 89.6 Å². The zero-order valence-electron chi connectivity index (χ0n) is 8.03. The average Bonchev–Trinajstić information content (AvgIpc) is 2.43. The van der Waals surface area contributed by atoms with Crippen molar-refractivity contribution in [3.63, 3.8) is 0 Å². The van der Waals surface area contributed by atoms with Crippen LogP contribution in [-0.2, 0) is 13.5 Å². The van der Waals surface area contributed by atoms with E-state index in [1.807, 2.05) is 6.92 Å². The van der Waals surface area contributed by atoms with E-state index in [2.05, 4.69) is 15.1 Å². The Labute approximate surface area is 79.8 Å². The van der Waals surface area contributed by atoms with Gasteiger partial charge < -0.3 is 10.7 Å². The number of hydrogen-bond acceptors (Lipinski definition) is 4. The van der Waals surface area contributed by atoms with Crippen molar-refractivity contribution < 1.29 is 0 Å². The van der Waals surface area contributed by atoms with Gasteiger partial charge in [-0.05, 0) is 0 Å². The van der Waals surface area contributed by atoms with Crippen molar-refractivity contribution in [2.24, 2.45) is 7.05 Å². The molecule has 2 aromatic rings. The molecule has 0 aromatic carbocycles. The Balaban J connectivity index is 2.90. The minimum Gasteiger partial charge on any atom is -0.383 e. The number of aryl methyl sites for hydroxylation is 2. The van der Waals surface area contributed by atoms with Crippen LogP contribution in [-0.4, -0.2) is 19.7 Å². The first-order valence-corrected chi connectivity index (χ1v) is 4.35. The molecule has 0 spiro atoms. The van der Waals surface area contributed by atoms with Gasteiger partial charge in [0.1, 0.15) is 17.0 Å². The first kappa shape index (κ1) is 8.74. The maximum atomic E-state index is 11.6. The van der Waals surface area contributed by atoms with Gasteiger partial charge in [-0.15, -0.1) is 0 Å². The number of rotatable bonds is 1. The quantitative estimate of drug-likeness (QED) is 0.656. The van der Waals surface area contributed by atoms with Crippen molar-refractivity contribution in [2.45, 2.75) is 13.3 Å². The van der Waals surface area contributed by atoms with Crippen molar-refractivity contribution in [1.82, 2.24) is 19.7 Å². The predicted octanol–water partition coefficient (Wildman–Crippen LogP) is -0.199. The Bertz CT molecular complexity index is 538. The van der Waals surface area contributed by atoms with Crippen molar-refractivity contribution in [1.29, 1.82) is 0 Å². The molecule has 2 aromatic heterocycles. The van der Waals surface area contributed by atoms with E-state index in [9.17, 15) is 4.79 Å². The number of hydrogen-bond donors (Lipinski definition) is 2. The fourth-order valence-electron chi connectivity index (χ4n) is 1.34. The number of nitrogens with two attached hydrogens (primary N) is 1. The van der Waals surface area contributed by atoms with E-state index >= 15 is 0 Å². The lowest BCUT2D eigenvalue weighted by Crippen LogP contribution is -2.11. The van der Waals surface area contributed by atoms with Crippen LogP contribution in [0.15, 0.2) is 4.79 Å². The predicted molar refractivity (Wildman–Crippen MR) is 52.9 cm³/mol. The van der Waals surface area contributed by atoms with Crippen LogP contribution in [0.2, 0.25) is 0 Å². The number of anilines is 1. The average molecular weight is 193 g/mol. The third kappa shape index (κ3) is 1.07. The number of nitrogens with one attached hydrogen (secondary N) is 1. The second-order valence-electron chi connectivity index (χ2n) is 3.07. The normalized spacial score (nSPS) is 11.0. The number of H-pyrrole nitrogens is 1. The molecule has 0 aliphatic carbocycles. The SMILES string of the molecule is CCc1nc2nn(C)c(N)c2c(=O)[nH]1. The molecular formula is C8H11N5O. The highest BCUT2D eigenvalue weighted by Gasteiger charge is 2.11. The number of fused-ring (bicyclic) bond motifs is 1. The molecule has 0 radical (unpaired) electrons. The lowest BCUT2D eigenvalue weighted by Gasteiger charge is -1.94. The molecule has 0 atom stereocenters. The van der Waals surface area contributed by atoms with E-state index in [0.717, 1.165) is 0 Å². The summed E-state index contributed by atoms with van der Waals surface area (Å²) < 4.78 is 1.45. The maximum Gasteiger partial charge on any atom is 0.264 e. The Morgan fingerprint density at radius 3 is 2.93 bits per heavy atom. The molecule has 0 unspecified atom stereocenters. The van der Waals surface area contributed by atoms with Crippen molar-refractivity contribution >= 4 is 16.9 Å². The molecule has 74 valence electrons. The summed E-state index contributed by atoms with van der Waals surface area (Å²) in [7, 11) is 1.68. The Morgan fingerprint density at radius 2 is 2.29 bits per heavy atom. The first-order valence-electron chi connectivity index (χ1n) is 4.35. The van der Waals surface area contributed by atoms with Crippen LogP contribution < -0.4 is 11.3 Å². The fraction of sp³-hybridized carbons (Fsp3) is 0.375.